The predicted octanol–water partition coefficient (Wildman–Crippen LogP) is 3.02. The van der Waals surface area contributed by atoms with Gasteiger partial charge >= 0.3 is 0 Å². The van der Waals surface area contributed by atoms with E-state index in [0.29, 0.717) is 12.3 Å². The number of furan rings is 1. The van der Waals surface area contributed by atoms with E-state index in [9.17, 15) is 4.79 Å². The Kier molecular flexibility index (Phi) is 3.41. The van der Waals surface area contributed by atoms with Crippen LogP contribution in [0.1, 0.15) is 29.2 Å². The highest BCUT2D eigenvalue weighted by Gasteiger charge is 2.28. The van der Waals surface area contributed by atoms with Gasteiger partial charge in [-0.3, -0.25) is 9.89 Å². The maximum atomic E-state index is 12.6. The van der Waals surface area contributed by atoms with Gasteiger partial charge in [0.1, 0.15) is 5.58 Å². The maximum Gasteiger partial charge on any atom is 0.227 e. The molecule has 0 spiro atoms. The fourth-order valence-corrected chi connectivity index (χ4v) is 3.34. The Bertz CT molecular complexity index is 835. The van der Waals surface area contributed by atoms with Crippen molar-refractivity contribution < 1.29 is 9.21 Å². The van der Waals surface area contributed by atoms with E-state index in [2.05, 4.69) is 16.3 Å². The molecule has 0 saturated carbocycles. The number of rotatable bonds is 3. The Morgan fingerprint density at radius 3 is 3.17 bits per heavy atom. The Morgan fingerprint density at radius 1 is 1.43 bits per heavy atom. The van der Waals surface area contributed by atoms with Crippen molar-refractivity contribution in [1.82, 2.24) is 15.1 Å². The Morgan fingerprint density at radius 2 is 2.35 bits per heavy atom. The van der Waals surface area contributed by atoms with Gasteiger partial charge in [0, 0.05) is 41.8 Å². The number of fused-ring (bicyclic) bond motifs is 1. The summed E-state index contributed by atoms with van der Waals surface area (Å²) in [4.78, 5) is 14.5. The van der Waals surface area contributed by atoms with Crippen LogP contribution in [0.2, 0.25) is 0 Å². The molecule has 23 heavy (non-hydrogen) atoms. The van der Waals surface area contributed by atoms with Crippen molar-refractivity contribution in [2.24, 2.45) is 0 Å². The van der Waals surface area contributed by atoms with Gasteiger partial charge in [-0.05, 0) is 31.0 Å². The van der Waals surface area contributed by atoms with Crippen LogP contribution in [0, 0.1) is 6.92 Å². The number of aromatic nitrogens is 2. The van der Waals surface area contributed by atoms with Gasteiger partial charge in [-0.2, -0.15) is 5.10 Å². The number of carbonyl (C=O) groups excluding carboxylic acids is 1. The standard InChI is InChI=1S/C18H19N3O2/c1-12-2-3-15-14(11-23-17(15)8-12)9-18(22)21-7-5-13(10-21)16-4-6-19-20-16/h2-4,6,8,11,13H,5,7,9-10H2,1H3,(H,19,20)/t13-/m0/s1. The van der Waals surface area contributed by atoms with Gasteiger partial charge in [-0.15, -0.1) is 0 Å². The highest BCUT2D eigenvalue weighted by Crippen LogP contribution is 2.27. The molecule has 1 saturated heterocycles. The molecule has 1 aromatic carbocycles. The Hall–Kier alpha value is -2.56. The Labute approximate surface area is 134 Å². The van der Waals surface area contributed by atoms with E-state index in [0.717, 1.165) is 47.3 Å². The number of likely N-dealkylation sites (tertiary alicyclic amines) is 1. The van der Waals surface area contributed by atoms with Gasteiger partial charge in [0.25, 0.3) is 0 Å². The van der Waals surface area contributed by atoms with Gasteiger partial charge in [0.15, 0.2) is 0 Å². The number of nitrogens with one attached hydrogen (secondary N) is 1. The van der Waals surface area contributed by atoms with E-state index in [1.165, 1.54) is 0 Å². The number of amides is 1. The fourth-order valence-electron chi connectivity index (χ4n) is 3.34. The number of carbonyl (C=O) groups is 1. The van der Waals surface area contributed by atoms with Crippen LogP contribution in [0.4, 0.5) is 0 Å². The van der Waals surface area contributed by atoms with Crippen molar-refractivity contribution in [3.63, 3.8) is 0 Å². The van der Waals surface area contributed by atoms with Crippen LogP contribution < -0.4 is 0 Å². The minimum atomic E-state index is 0.162. The highest BCUT2D eigenvalue weighted by molar-refractivity contribution is 5.88. The van der Waals surface area contributed by atoms with Crippen LogP contribution in [-0.2, 0) is 11.2 Å². The van der Waals surface area contributed by atoms with Gasteiger partial charge in [-0.25, -0.2) is 0 Å². The van der Waals surface area contributed by atoms with E-state index < -0.39 is 0 Å². The van der Waals surface area contributed by atoms with Gasteiger partial charge in [0.05, 0.1) is 12.7 Å². The van der Waals surface area contributed by atoms with Crippen molar-refractivity contribution in [1.29, 1.82) is 0 Å². The molecule has 1 aliphatic rings. The molecular weight excluding hydrogens is 290 g/mol. The lowest BCUT2D eigenvalue weighted by Gasteiger charge is -2.15. The van der Waals surface area contributed by atoms with Crippen LogP contribution in [0.5, 0.6) is 0 Å². The maximum absolute atomic E-state index is 12.6. The second-order valence-corrected chi connectivity index (χ2v) is 6.27. The highest BCUT2D eigenvalue weighted by atomic mass is 16.3. The third-order valence-corrected chi connectivity index (χ3v) is 4.66. The largest absolute Gasteiger partial charge is 0.464 e. The lowest BCUT2D eigenvalue weighted by Crippen LogP contribution is -2.29. The molecule has 0 aliphatic carbocycles. The number of aromatic amines is 1. The number of aryl methyl sites for hydroxylation is 1. The topological polar surface area (TPSA) is 62.1 Å². The minimum absolute atomic E-state index is 0.162. The average molecular weight is 309 g/mol. The zero-order valence-electron chi connectivity index (χ0n) is 13.1. The zero-order chi connectivity index (χ0) is 15.8. The molecule has 3 heterocycles. The second-order valence-electron chi connectivity index (χ2n) is 6.27. The number of H-pyrrole nitrogens is 1. The minimum Gasteiger partial charge on any atom is -0.464 e. The van der Waals surface area contributed by atoms with Crippen LogP contribution in [0.3, 0.4) is 0 Å². The Balaban J connectivity index is 1.47. The van der Waals surface area contributed by atoms with Crippen LogP contribution in [-0.4, -0.2) is 34.1 Å². The van der Waals surface area contributed by atoms with Gasteiger partial charge in [-0.1, -0.05) is 12.1 Å². The fraction of sp³-hybridized carbons (Fsp3) is 0.333. The molecule has 5 heteroatoms. The molecular formula is C18H19N3O2. The molecule has 4 rings (SSSR count). The molecule has 0 bridgehead atoms. The average Bonchev–Trinajstić information content (AvgIpc) is 3.27. The number of benzene rings is 1. The summed E-state index contributed by atoms with van der Waals surface area (Å²) in [5.41, 5.74) is 4.09. The van der Waals surface area contributed by atoms with E-state index in [-0.39, 0.29) is 5.91 Å². The molecule has 3 aromatic rings. The predicted molar refractivity (Wildman–Crippen MR) is 87.2 cm³/mol. The summed E-state index contributed by atoms with van der Waals surface area (Å²) in [6.07, 6.45) is 4.86. The first-order chi connectivity index (χ1) is 11.2. The lowest BCUT2D eigenvalue weighted by atomic mass is 10.1. The van der Waals surface area contributed by atoms with Crippen LogP contribution >= 0.6 is 0 Å². The van der Waals surface area contributed by atoms with Crippen molar-refractivity contribution in [2.45, 2.75) is 25.7 Å². The summed E-state index contributed by atoms with van der Waals surface area (Å²) >= 11 is 0. The SMILES string of the molecule is Cc1ccc2c(CC(=O)N3CC[C@H](c4ccn[nH]4)C3)coc2c1. The summed E-state index contributed by atoms with van der Waals surface area (Å²) < 4.78 is 5.59. The van der Waals surface area contributed by atoms with Crippen LogP contribution in [0.15, 0.2) is 41.1 Å². The molecule has 2 aromatic heterocycles. The van der Waals surface area contributed by atoms with Crippen molar-refractivity contribution >= 4 is 16.9 Å². The van der Waals surface area contributed by atoms with E-state index >= 15 is 0 Å². The quantitative estimate of drug-likeness (QED) is 0.809. The summed E-state index contributed by atoms with van der Waals surface area (Å²) in [7, 11) is 0. The number of hydrogen-bond donors (Lipinski definition) is 1. The van der Waals surface area contributed by atoms with E-state index in [1.807, 2.05) is 30.0 Å². The summed E-state index contributed by atoms with van der Waals surface area (Å²) in [5, 5.41) is 8.04. The molecule has 1 N–H and O–H groups in total. The first-order valence-corrected chi connectivity index (χ1v) is 7.94. The van der Waals surface area contributed by atoms with Crippen LogP contribution in [0.25, 0.3) is 11.0 Å². The molecule has 0 unspecified atom stereocenters. The first kappa shape index (κ1) is 14.1. The third-order valence-electron chi connectivity index (χ3n) is 4.66. The molecule has 1 fully saturated rings. The summed E-state index contributed by atoms with van der Waals surface area (Å²) in [5.74, 6) is 0.528. The van der Waals surface area contributed by atoms with E-state index in [4.69, 9.17) is 4.42 Å². The van der Waals surface area contributed by atoms with Crippen molar-refractivity contribution in [3.05, 3.63) is 53.5 Å². The van der Waals surface area contributed by atoms with Crippen molar-refractivity contribution in [2.75, 3.05) is 13.1 Å². The number of nitrogens with zero attached hydrogens (tertiary/aromatic N) is 2. The lowest BCUT2D eigenvalue weighted by molar-refractivity contribution is -0.129. The monoisotopic (exact) mass is 309 g/mol. The zero-order valence-corrected chi connectivity index (χ0v) is 13.1. The molecule has 5 nitrogen and oxygen atoms in total. The van der Waals surface area contributed by atoms with E-state index in [1.54, 1.807) is 12.5 Å². The molecule has 118 valence electrons. The normalized spacial score (nSPS) is 18.0. The summed E-state index contributed by atoms with van der Waals surface area (Å²) in [6, 6.07) is 8.09. The molecule has 0 radical (unpaired) electrons. The third kappa shape index (κ3) is 2.63. The van der Waals surface area contributed by atoms with Gasteiger partial charge < -0.3 is 9.32 Å². The number of hydrogen-bond acceptors (Lipinski definition) is 3. The van der Waals surface area contributed by atoms with Gasteiger partial charge in [0.2, 0.25) is 5.91 Å². The summed E-state index contributed by atoms with van der Waals surface area (Å²) in [6.45, 7) is 3.60. The van der Waals surface area contributed by atoms with Crippen molar-refractivity contribution in [3.8, 4) is 0 Å². The smallest absolute Gasteiger partial charge is 0.227 e. The molecule has 1 aliphatic heterocycles. The second kappa shape index (κ2) is 5.57. The molecule has 1 amide bonds. The molecule has 1 atom stereocenters. The first-order valence-electron chi connectivity index (χ1n) is 7.94.